The topological polar surface area (TPSA) is 86.2 Å². The number of nitrogens with one attached hydrogen (secondary N) is 1. The first-order valence-corrected chi connectivity index (χ1v) is 11.7. The molecule has 0 atom stereocenters. The summed E-state index contributed by atoms with van der Waals surface area (Å²) < 4.78 is 18.2. The first-order chi connectivity index (χ1) is 16.3. The van der Waals surface area contributed by atoms with E-state index in [1.54, 1.807) is 36.4 Å². The lowest BCUT2D eigenvalue weighted by molar-refractivity contribution is -0.123. The first kappa shape index (κ1) is 25.5. The lowest BCUT2D eigenvalue weighted by Crippen LogP contribution is -2.25. The van der Waals surface area contributed by atoms with Gasteiger partial charge >= 0.3 is 5.97 Å². The third-order valence-electron chi connectivity index (χ3n) is 4.63. The van der Waals surface area contributed by atoms with E-state index in [1.165, 1.54) is 13.3 Å². The predicted octanol–water partition coefficient (Wildman–Crippen LogP) is 5.59. The van der Waals surface area contributed by atoms with E-state index < -0.39 is 11.9 Å². The summed E-state index contributed by atoms with van der Waals surface area (Å²) in [5.74, 6) is 0.338. The molecule has 3 rings (SSSR count). The Morgan fingerprint density at radius 2 is 1.71 bits per heavy atom. The molecule has 3 aromatic rings. The van der Waals surface area contributed by atoms with Gasteiger partial charge in [0.1, 0.15) is 5.75 Å². The number of amides is 1. The number of aryl methyl sites for hydroxylation is 2. The average Bonchev–Trinajstić information content (AvgIpc) is 2.78. The highest BCUT2D eigenvalue weighted by Crippen LogP contribution is 2.29. The molecule has 9 heteroatoms. The number of carbonyl (C=O) groups excluding carboxylic acids is 2. The number of esters is 1. The maximum atomic E-state index is 12.5. The molecule has 0 aliphatic heterocycles. The highest BCUT2D eigenvalue weighted by molar-refractivity contribution is 9.10. The zero-order valence-electron chi connectivity index (χ0n) is 18.7. The standard InChI is InChI=1S/C25H22Br2N2O5/c1-15-9-20(27)10-16(2)24(15)33-14-23(30)29-28-13-17-7-8-21(32-3)22(11-17)34-25(31)18-5-4-6-19(26)12-18/h4-13H,14H2,1-3H3,(H,29,30)/b28-13+. The van der Waals surface area contributed by atoms with Crippen molar-refractivity contribution in [2.24, 2.45) is 5.10 Å². The van der Waals surface area contributed by atoms with E-state index in [2.05, 4.69) is 42.4 Å². The van der Waals surface area contributed by atoms with Crippen LogP contribution >= 0.6 is 31.9 Å². The fraction of sp³-hybridized carbons (Fsp3) is 0.160. The molecule has 1 N–H and O–H groups in total. The molecule has 176 valence electrons. The highest BCUT2D eigenvalue weighted by Gasteiger charge is 2.13. The number of ether oxygens (including phenoxy) is 3. The number of carbonyl (C=O) groups is 2. The average molecular weight is 590 g/mol. The van der Waals surface area contributed by atoms with Crippen LogP contribution in [0.2, 0.25) is 0 Å². The third kappa shape index (κ3) is 6.91. The van der Waals surface area contributed by atoms with Crippen molar-refractivity contribution in [1.29, 1.82) is 0 Å². The molecule has 0 aliphatic carbocycles. The summed E-state index contributed by atoms with van der Waals surface area (Å²) in [5, 5.41) is 3.96. The Labute approximate surface area is 214 Å². The van der Waals surface area contributed by atoms with Gasteiger partial charge in [0.05, 0.1) is 18.9 Å². The number of benzene rings is 3. The van der Waals surface area contributed by atoms with Crippen LogP contribution in [0.15, 0.2) is 68.6 Å². The van der Waals surface area contributed by atoms with E-state index in [-0.39, 0.29) is 12.4 Å². The molecule has 3 aromatic carbocycles. The molecule has 0 radical (unpaired) electrons. The second kappa shape index (κ2) is 11.8. The van der Waals surface area contributed by atoms with Crippen LogP contribution in [0, 0.1) is 13.8 Å². The van der Waals surface area contributed by atoms with Crippen molar-refractivity contribution in [1.82, 2.24) is 5.43 Å². The monoisotopic (exact) mass is 588 g/mol. The van der Waals surface area contributed by atoms with E-state index >= 15 is 0 Å². The number of halogens is 2. The second-order valence-corrected chi connectivity index (χ2v) is 9.09. The summed E-state index contributed by atoms with van der Waals surface area (Å²) in [7, 11) is 1.48. The molecular weight excluding hydrogens is 568 g/mol. The summed E-state index contributed by atoms with van der Waals surface area (Å²) >= 11 is 6.77. The quantitative estimate of drug-likeness (QED) is 0.160. The Morgan fingerprint density at radius 1 is 0.971 bits per heavy atom. The summed E-state index contributed by atoms with van der Waals surface area (Å²) in [6, 6.07) is 15.7. The van der Waals surface area contributed by atoms with Gasteiger partial charge in [-0.05, 0) is 79.1 Å². The van der Waals surface area contributed by atoms with Gasteiger partial charge < -0.3 is 14.2 Å². The van der Waals surface area contributed by atoms with Gasteiger partial charge in [-0.1, -0.05) is 37.9 Å². The Hall–Kier alpha value is -3.17. The number of hydrazone groups is 1. The van der Waals surface area contributed by atoms with Crippen molar-refractivity contribution in [2.75, 3.05) is 13.7 Å². The Bertz CT molecular complexity index is 1220. The molecule has 1 amide bonds. The maximum Gasteiger partial charge on any atom is 0.343 e. The van der Waals surface area contributed by atoms with Crippen LogP contribution in [0.25, 0.3) is 0 Å². The highest BCUT2D eigenvalue weighted by atomic mass is 79.9. The van der Waals surface area contributed by atoms with Gasteiger partial charge in [0.25, 0.3) is 5.91 Å². The first-order valence-electron chi connectivity index (χ1n) is 10.1. The summed E-state index contributed by atoms with van der Waals surface area (Å²) in [6.45, 7) is 3.64. The fourth-order valence-electron chi connectivity index (χ4n) is 3.10. The molecule has 0 saturated carbocycles. The SMILES string of the molecule is COc1ccc(/C=N/NC(=O)COc2c(C)cc(Br)cc2C)cc1OC(=O)c1cccc(Br)c1. The normalized spacial score (nSPS) is 10.7. The fourth-order valence-corrected chi connectivity index (χ4v) is 4.19. The van der Waals surface area contributed by atoms with E-state index in [9.17, 15) is 9.59 Å². The smallest absolute Gasteiger partial charge is 0.343 e. The van der Waals surface area contributed by atoms with E-state index in [1.807, 2.05) is 32.0 Å². The molecule has 0 bridgehead atoms. The van der Waals surface area contributed by atoms with Crippen molar-refractivity contribution in [3.63, 3.8) is 0 Å². The Balaban J connectivity index is 1.62. The summed E-state index contributed by atoms with van der Waals surface area (Å²) in [4.78, 5) is 24.6. The van der Waals surface area contributed by atoms with Gasteiger partial charge in [-0.15, -0.1) is 0 Å². The van der Waals surface area contributed by atoms with Gasteiger partial charge in [0, 0.05) is 8.95 Å². The molecule has 0 fully saturated rings. The van der Waals surface area contributed by atoms with Gasteiger partial charge in [-0.3, -0.25) is 4.79 Å². The third-order valence-corrected chi connectivity index (χ3v) is 5.58. The molecular formula is C25H22Br2N2O5. The zero-order valence-corrected chi connectivity index (χ0v) is 21.9. The van der Waals surface area contributed by atoms with Crippen LogP contribution in [0.1, 0.15) is 27.0 Å². The van der Waals surface area contributed by atoms with Crippen LogP contribution in [0.5, 0.6) is 17.2 Å². The summed E-state index contributed by atoms with van der Waals surface area (Å²) in [5.41, 5.74) is 5.25. The van der Waals surface area contributed by atoms with Crippen LogP contribution in [0.4, 0.5) is 0 Å². The van der Waals surface area contributed by atoms with Crippen LogP contribution in [0.3, 0.4) is 0 Å². The van der Waals surface area contributed by atoms with Gasteiger partial charge in [0.2, 0.25) is 0 Å². The second-order valence-electron chi connectivity index (χ2n) is 7.26. The zero-order chi connectivity index (χ0) is 24.7. The minimum Gasteiger partial charge on any atom is -0.493 e. The minimum absolute atomic E-state index is 0.182. The van der Waals surface area contributed by atoms with Crippen molar-refractivity contribution in [2.45, 2.75) is 13.8 Å². The molecule has 0 spiro atoms. The number of nitrogens with zero attached hydrogens (tertiary/aromatic N) is 1. The summed E-state index contributed by atoms with van der Waals surface area (Å²) in [6.07, 6.45) is 1.43. The number of rotatable bonds is 8. The Morgan fingerprint density at radius 3 is 2.38 bits per heavy atom. The van der Waals surface area contributed by atoms with Crippen LogP contribution < -0.4 is 19.6 Å². The number of hydrogen-bond acceptors (Lipinski definition) is 6. The molecule has 0 aliphatic rings. The lowest BCUT2D eigenvalue weighted by Gasteiger charge is -2.12. The minimum atomic E-state index is -0.530. The van der Waals surface area contributed by atoms with Crippen LogP contribution in [-0.4, -0.2) is 31.8 Å². The van der Waals surface area contributed by atoms with E-state index in [4.69, 9.17) is 14.2 Å². The lowest BCUT2D eigenvalue weighted by atomic mass is 10.1. The largest absolute Gasteiger partial charge is 0.493 e. The van der Waals surface area contributed by atoms with Gasteiger partial charge in [0.15, 0.2) is 18.1 Å². The van der Waals surface area contributed by atoms with Crippen molar-refractivity contribution in [3.8, 4) is 17.2 Å². The van der Waals surface area contributed by atoms with Crippen molar-refractivity contribution < 1.29 is 23.8 Å². The number of hydrogen-bond donors (Lipinski definition) is 1. The van der Waals surface area contributed by atoms with Crippen molar-refractivity contribution in [3.05, 3.63) is 85.8 Å². The number of methoxy groups -OCH3 is 1. The van der Waals surface area contributed by atoms with Crippen molar-refractivity contribution >= 4 is 50.0 Å². The van der Waals surface area contributed by atoms with Gasteiger partial charge in [-0.25, -0.2) is 10.2 Å². The maximum absolute atomic E-state index is 12.5. The molecule has 0 heterocycles. The molecule has 34 heavy (non-hydrogen) atoms. The molecule has 0 saturated heterocycles. The Kier molecular flexibility index (Phi) is 8.84. The molecule has 7 nitrogen and oxygen atoms in total. The van der Waals surface area contributed by atoms with Gasteiger partial charge in [-0.2, -0.15) is 5.10 Å². The van der Waals surface area contributed by atoms with E-state index in [0.29, 0.717) is 22.6 Å². The predicted molar refractivity (Wildman–Crippen MR) is 137 cm³/mol. The molecule has 0 aromatic heterocycles. The van der Waals surface area contributed by atoms with Crippen LogP contribution in [-0.2, 0) is 4.79 Å². The molecule has 0 unspecified atom stereocenters. The van der Waals surface area contributed by atoms with E-state index in [0.717, 1.165) is 20.1 Å².